The molecule has 2 heteroatoms. The summed E-state index contributed by atoms with van der Waals surface area (Å²) in [5.74, 6) is 2.27. The van der Waals surface area contributed by atoms with Gasteiger partial charge in [-0.25, -0.2) is 0 Å². The van der Waals surface area contributed by atoms with Crippen molar-refractivity contribution in [2.45, 2.75) is 25.3 Å². The number of rotatable bonds is 3. The van der Waals surface area contributed by atoms with Crippen LogP contribution in [0.4, 0.5) is 0 Å². The van der Waals surface area contributed by atoms with Gasteiger partial charge in [0.25, 0.3) is 0 Å². The first-order valence-electron chi connectivity index (χ1n) is 5.12. The molecule has 2 N–H and O–H groups in total. The Bertz CT molecular complexity index is 322. The molecular weight excluding hydrogens is 174 g/mol. The van der Waals surface area contributed by atoms with Gasteiger partial charge in [-0.15, -0.1) is 0 Å². The third kappa shape index (κ3) is 1.75. The summed E-state index contributed by atoms with van der Waals surface area (Å²) in [6.45, 7) is 2.09. The fourth-order valence-corrected chi connectivity index (χ4v) is 2.05. The average Bonchev–Trinajstić information content (AvgIpc) is 2.97. The smallest absolute Gasteiger partial charge is 0.119 e. The van der Waals surface area contributed by atoms with E-state index >= 15 is 0 Å². The molecule has 1 fully saturated rings. The van der Waals surface area contributed by atoms with E-state index in [1.54, 1.807) is 7.11 Å². The summed E-state index contributed by atoms with van der Waals surface area (Å²) in [6, 6.07) is 8.62. The molecule has 0 radical (unpaired) electrons. The van der Waals surface area contributed by atoms with Gasteiger partial charge in [0.05, 0.1) is 7.11 Å². The molecule has 1 aromatic carbocycles. The topological polar surface area (TPSA) is 35.2 Å². The molecule has 0 aromatic heterocycles. The van der Waals surface area contributed by atoms with Crippen LogP contribution in [-0.2, 0) is 0 Å². The van der Waals surface area contributed by atoms with Crippen molar-refractivity contribution in [1.29, 1.82) is 0 Å². The van der Waals surface area contributed by atoms with Gasteiger partial charge in [0.2, 0.25) is 0 Å². The number of benzene rings is 1. The minimum absolute atomic E-state index is 0.311. The highest BCUT2D eigenvalue weighted by molar-refractivity contribution is 5.34. The Morgan fingerprint density at radius 2 is 2.29 bits per heavy atom. The Hall–Kier alpha value is -1.02. The van der Waals surface area contributed by atoms with Gasteiger partial charge in [-0.05, 0) is 42.9 Å². The van der Waals surface area contributed by atoms with E-state index < -0.39 is 0 Å². The SMILES string of the molecule is COc1cccc(C2CC2C(C)N)c1. The van der Waals surface area contributed by atoms with Crippen molar-refractivity contribution in [3.8, 4) is 5.75 Å². The minimum atomic E-state index is 0.311. The van der Waals surface area contributed by atoms with Crippen molar-refractivity contribution in [2.75, 3.05) is 7.11 Å². The Kier molecular flexibility index (Phi) is 2.46. The van der Waals surface area contributed by atoms with Gasteiger partial charge in [-0.1, -0.05) is 12.1 Å². The molecule has 2 rings (SSSR count). The lowest BCUT2D eigenvalue weighted by Crippen LogP contribution is -2.17. The van der Waals surface area contributed by atoms with Crippen LogP contribution in [0, 0.1) is 5.92 Å². The Balaban J connectivity index is 2.11. The molecule has 0 bridgehead atoms. The highest BCUT2D eigenvalue weighted by Crippen LogP contribution is 2.49. The van der Waals surface area contributed by atoms with Crippen LogP contribution in [0.15, 0.2) is 24.3 Å². The largest absolute Gasteiger partial charge is 0.497 e. The second-order valence-corrected chi connectivity index (χ2v) is 4.14. The normalized spacial score (nSPS) is 27.1. The quantitative estimate of drug-likeness (QED) is 0.794. The van der Waals surface area contributed by atoms with Crippen LogP contribution in [0.2, 0.25) is 0 Å². The van der Waals surface area contributed by atoms with E-state index in [1.807, 2.05) is 12.1 Å². The van der Waals surface area contributed by atoms with Crippen molar-refractivity contribution in [2.24, 2.45) is 11.7 Å². The van der Waals surface area contributed by atoms with Gasteiger partial charge in [0.15, 0.2) is 0 Å². The number of hydrogen-bond donors (Lipinski definition) is 1. The van der Waals surface area contributed by atoms with Gasteiger partial charge >= 0.3 is 0 Å². The molecule has 0 spiro atoms. The summed E-state index contributed by atoms with van der Waals surface area (Å²) in [4.78, 5) is 0. The molecule has 1 aliphatic rings. The van der Waals surface area contributed by atoms with Crippen LogP contribution in [0.25, 0.3) is 0 Å². The van der Waals surface area contributed by atoms with Crippen LogP contribution in [-0.4, -0.2) is 13.2 Å². The van der Waals surface area contributed by atoms with E-state index in [-0.39, 0.29) is 0 Å². The summed E-state index contributed by atoms with van der Waals surface area (Å²) in [7, 11) is 1.70. The van der Waals surface area contributed by atoms with Crippen LogP contribution in [0.5, 0.6) is 5.75 Å². The Morgan fingerprint density at radius 3 is 2.86 bits per heavy atom. The summed E-state index contributed by atoms with van der Waals surface area (Å²) in [5, 5.41) is 0. The standard InChI is InChI=1S/C12H17NO/c1-8(13)11-7-12(11)9-4-3-5-10(6-9)14-2/h3-6,8,11-12H,7,13H2,1-2H3. The zero-order valence-electron chi connectivity index (χ0n) is 8.73. The van der Waals surface area contributed by atoms with E-state index in [1.165, 1.54) is 12.0 Å². The second kappa shape index (κ2) is 3.62. The summed E-state index contributed by atoms with van der Waals surface area (Å²) in [6.07, 6.45) is 1.23. The highest BCUT2D eigenvalue weighted by atomic mass is 16.5. The molecule has 1 aliphatic carbocycles. The lowest BCUT2D eigenvalue weighted by molar-refractivity contribution is 0.414. The summed E-state index contributed by atoms with van der Waals surface area (Å²) in [5.41, 5.74) is 7.23. The zero-order chi connectivity index (χ0) is 10.1. The molecule has 3 unspecified atom stereocenters. The van der Waals surface area contributed by atoms with E-state index in [0.717, 1.165) is 5.75 Å². The van der Waals surface area contributed by atoms with Crippen molar-refractivity contribution < 1.29 is 4.74 Å². The fourth-order valence-electron chi connectivity index (χ4n) is 2.05. The number of ether oxygens (including phenoxy) is 1. The monoisotopic (exact) mass is 191 g/mol. The average molecular weight is 191 g/mol. The third-order valence-corrected chi connectivity index (χ3v) is 3.04. The molecule has 0 heterocycles. The Labute approximate surface area is 85.1 Å². The van der Waals surface area contributed by atoms with Crippen molar-refractivity contribution >= 4 is 0 Å². The van der Waals surface area contributed by atoms with Gasteiger partial charge in [-0.3, -0.25) is 0 Å². The van der Waals surface area contributed by atoms with Crippen molar-refractivity contribution in [3.05, 3.63) is 29.8 Å². The van der Waals surface area contributed by atoms with E-state index in [2.05, 4.69) is 19.1 Å². The molecule has 14 heavy (non-hydrogen) atoms. The van der Waals surface area contributed by atoms with E-state index in [9.17, 15) is 0 Å². The van der Waals surface area contributed by atoms with Crippen molar-refractivity contribution in [1.82, 2.24) is 0 Å². The first-order chi connectivity index (χ1) is 6.72. The van der Waals surface area contributed by atoms with Crippen LogP contribution >= 0.6 is 0 Å². The third-order valence-electron chi connectivity index (χ3n) is 3.04. The zero-order valence-corrected chi connectivity index (χ0v) is 8.73. The molecule has 3 atom stereocenters. The van der Waals surface area contributed by atoms with Crippen LogP contribution in [0.3, 0.4) is 0 Å². The first-order valence-corrected chi connectivity index (χ1v) is 5.12. The number of nitrogens with two attached hydrogens (primary N) is 1. The maximum Gasteiger partial charge on any atom is 0.119 e. The first kappa shape index (κ1) is 9.53. The fraction of sp³-hybridized carbons (Fsp3) is 0.500. The molecule has 0 amide bonds. The van der Waals surface area contributed by atoms with E-state index in [0.29, 0.717) is 17.9 Å². The van der Waals surface area contributed by atoms with E-state index in [4.69, 9.17) is 10.5 Å². The lowest BCUT2D eigenvalue weighted by atomic mass is 10.1. The molecule has 1 aromatic rings. The summed E-state index contributed by atoms with van der Waals surface area (Å²) >= 11 is 0. The van der Waals surface area contributed by atoms with Gasteiger partial charge in [0, 0.05) is 6.04 Å². The molecule has 0 saturated heterocycles. The molecule has 0 aliphatic heterocycles. The predicted molar refractivity (Wildman–Crippen MR) is 57.5 cm³/mol. The molecule has 76 valence electrons. The molecule has 2 nitrogen and oxygen atoms in total. The maximum absolute atomic E-state index is 5.86. The van der Waals surface area contributed by atoms with Gasteiger partial charge in [-0.2, -0.15) is 0 Å². The van der Waals surface area contributed by atoms with Crippen LogP contribution < -0.4 is 10.5 Å². The highest BCUT2D eigenvalue weighted by Gasteiger charge is 2.40. The van der Waals surface area contributed by atoms with Gasteiger partial charge < -0.3 is 10.5 Å². The Morgan fingerprint density at radius 1 is 1.50 bits per heavy atom. The number of methoxy groups -OCH3 is 1. The maximum atomic E-state index is 5.86. The van der Waals surface area contributed by atoms with Crippen LogP contribution in [0.1, 0.15) is 24.8 Å². The molecule has 1 saturated carbocycles. The lowest BCUT2D eigenvalue weighted by Gasteiger charge is -2.05. The molecular formula is C12H17NO. The van der Waals surface area contributed by atoms with Crippen molar-refractivity contribution in [3.63, 3.8) is 0 Å². The minimum Gasteiger partial charge on any atom is -0.497 e. The predicted octanol–water partition coefficient (Wildman–Crippen LogP) is 2.15. The summed E-state index contributed by atoms with van der Waals surface area (Å²) < 4.78 is 5.20. The number of hydrogen-bond acceptors (Lipinski definition) is 2. The van der Waals surface area contributed by atoms with Gasteiger partial charge in [0.1, 0.15) is 5.75 Å². The second-order valence-electron chi connectivity index (χ2n) is 4.14.